The summed E-state index contributed by atoms with van der Waals surface area (Å²) in [5.41, 5.74) is -0.00794. The summed E-state index contributed by atoms with van der Waals surface area (Å²) in [5.74, 6) is -0.0763. The van der Waals surface area contributed by atoms with Crippen molar-refractivity contribution in [3.63, 3.8) is 0 Å². The van der Waals surface area contributed by atoms with Gasteiger partial charge in [0, 0.05) is 5.41 Å². The number of carboxylic acid groups (broad SMARTS) is 1. The van der Waals surface area contributed by atoms with Crippen LogP contribution in [0.3, 0.4) is 0 Å². The first kappa shape index (κ1) is 33.8. The van der Waals surface area contributed by atoms with Gasteiger partial charge < -0.3 is 40.1 Å². The van der Waals surface area contributed by atoms with Crippen molar-refractivity contribution >= 4 is 5.97 Å². The zero-order chi connectivity index (χ0) is 33.0. The highest BCUT2D eigenvalue weighted by atomic mass is 16.7. The van der Waals surface area contributed by atoms with Crippen LogP contribution in [-0.4, -0.2) is 86.6 Å². The van der Waals surface area contributed by atoms with E-state index in [0.717, 1.165) is 57.8 Å². The summed E-state index contributed by atoms with van der Waals surface area (Å²) in [6, 6.07) is 0. The lowest BCUT2D eigenvalue weighted by atomic mass is 9.33. The second kappa shape index (κ2) is 11.0. The van der Waals surface area contributed by atoms with Crippen molar-refractivity contribution in [2.24, 2.45) is 50.2 Å². The van der Waals surface area contributed by atoms with Gasteiger partial charge in [0.1, 0.15) is 24.4 Å². The zero-order valence-corrected chi connectivity index (χ0v) is 28.2. The van der Waals surface area contributed by atoms with Crippen LogP contribution in [0.1, 0.15) is 106 Å². The van der Waals surface area contributed by atoms with E-state index < -0.39 is 60.2 Å². The SMILES string of the molecule is CC1(C)CC[C@]2(C(=O)O)CC[C@]3(C)C(=CCC4[C@@]5(C)CC[C@H](O[C@@H]6O[C@H](CO)[C@@H](O)[C@H](O)[C@H]6O)[C@@](C)(CO)C5CC[C@]43C)[C@@H]2C1. The highest BCUT2D eigenvalue weighted by Crippen LogP contribution is 2.76. The third-order valence-corrected chi connectivity index (χ3v) is 15.3. The smallest absolute Gasteiger partial charge is 0.310 e. The predicted octanol–water partition coefficient (Wildman–Crippen LogP) is 4.03. The number of rotatable bonds is 5. The second-order valence-electron chi connectivity index (χ2n) is 17.7. The normalized spacial score (nSPS) is 54.1. The summed E-state index contributed by atoms with van der Waals surface area (Å²) in [4.78, 5) is 12.9. The monoisotopic (exact) mass is 634 g/mol. The third-order valence-electron chi connectivity index (χ3n) is 15.3. The summed E-state index contributed by atoms with van der Waals surface area (Å²) in [7, 11) is 0. The van der Waals surface area contributed by atoms with Gasteiger partial charge in [0.15, 0.2) is 6.29 Å². The molecule has 14 atom stereocenters. The largest absolute Gasteiger partial charge is 0.481 e. The minimum Gasteiger partial charge on any atom is -0.481 e. The van der Waals surface area contributed by atoms with Crippen LogP contribution in [0.5, 0.6) is 0 Å². The first-order chi connectivity index (χ1) is 20.9. The number of aliphatic hydroxyl groups excluding tert-OH is 5. The summed E-state index contributed by atoms with van der Waals surface area (Å²) in [6.07, 6.45) is 3.78. The van der Waals surface area contributed by atoms with Gasteiger partial charge in [-0.3, -0.25) is 4.79 Å². The zero-order valence-electron chi connectivity index (χ0n) is 28.2. The standard InChI is InChI=1S/C36H58O9/c1-31(2)13-15-36(30(42)43)16-14-34(5)20(21(36)17-31)7-8-24-32(3)11-10-25(33(4,19-38)23(32)9-12-35(24,34)6)45-29-28(41)27(40)26(39)22(18-37)44-29/h7,21-29,37-41H,8-19H2,1-6H3,(H,42,43)/t21-,22+,23?,24?,25-,26+,27-,28+,29-,32-,33-,34+,35+,36-/m0/s1. The predicted molar refractivity (Wildman–Crippen MR) is 167 cm³/mol. The quantitative estimate of drug-likeness (QED) is 0.194. The summed E-state index contributed by atoms with van der Waals surface area (Å²) in [5, 5.41) is 62.7. The Morgan fingerprint density at radius 3 is 2.22 bits per heavy atom. The Morgan fingerprint density at radius 1 is 0.889 bits per heavy atom. The highest BCUT2D eigenvalue weighted by Gasteiger charge is 2.70. The lowest BCUT2D eigenvalue weighted by Crippen LogP contribution is -2.67. The van der Waals surface area contributed by atoms with Gasteiger partial charge in [-0.2, -0.15) is 0 Å². The van der Waals surface area contributed by atoms with Crippen molar-refractivity contribution < 1.29 is 44.9 Å². The summed E-state index contributed by atoms with van der Waals surface area (Å²) in [6.45, 7) is 13.3. The molecule has 45 heavy (non-hydrogen) atoms. The first-order valence-electron chi connectivity index (χ1n) is 17.4. The molecule has 0 spiro atoms. The fraction of sp³-hybridized carbons (Fsp3) is 0.917. The van der Waals surface area contributed by atoms with Crippen LogP contribution in [-0.2, 0) is 14.3 Å². The number of carbonyl (C=O) groups is 1. The molecular formula is C36H58O9. The Kier molecular flexibility index (Phi) is 8.25. The van der Waals surface area contributed by atoms with E-state index in [1.54, 1.807) is 0 Å². The van der Waals surface area contributed by atoms with E-state index in [2.05, 4.69) is 47.6 Å². The Hall–Kier alpha value is -1.07. The van der Waals surface area contributed by atoms with Gasteiger partial charge in [-0.05, 0) is 104 Å². The molecule has 0 radical (unpaired) electrons. The van der Waals surface area contributed by atoms with E-state index in [1.165, 1.54) is 5.57 Å². The van der Waals surface area contributed by atoms with Crippen LogP contribution in [0.15, 0.2) is 11.6 Å². The molecule has 9 nitrogen and oxygen atoms in total. The molecule has 1 heterocycles. The second-order valence-corrected chi connectivity index (χ2v) is 17.7. The highest BCUT2D eigenvalue weighted by molar-refractivity contribution is 5.76. The van der Waals surface area contributed by atoms with E-state index in [0.29, 0.717) is 12.3 Å². The van der Waals surface area contributed by atoms with Crippen LogP contribution in [0, 0.1) is 50.2 Å². The Morgan fingerprint density at radius 2 is 1.58 bits per heavy atom. The number of ether oxygens (including phenoxy) is 2. The summed E-state index contributed by atoms with van der Waals surface area (Å²) < 4.78 is 12.1. The van der Waals surface area contributed by atoms with Crippen molar-refractivity contribution in [3.05, 3.63) is 11.6 Å². The van der Waals surface area contributed by atoms with Gasteiger partial charge >= 0.3 is 5.97 Å². The average Bonchev–Trinajstić information content (AvgIpc) is 2.98. The van der Waals surface area contributed by atoms with Crippen LogP contribution < -0.4 is 0 Å². The molecular weight excluding hydrogens is 576 g/mol. The molecule has 0 aromatic carbocycles. The van der Waals surface area contributed by atoms with Crippen molar-refractivity contribution in [3.8, 4) is 0 Å². The van der Waals surface area contributed by atoms with E-state index in [9.17, 15) is 35.4 Å². The molecule has 0 amide bonds. The maximum Gasteiger partial charge on any atom is 0.310 e. The van der Waals surface area contributed by atoms with Crippen molar-refractivity contribution in [1.82, 2.24) is 0 Å². The van der Waals surface area contributed by atoms with E-state index in [-0.39, 0.29) is 40.1 Å². The van der Waals surface area contributed by atoms with E-state index >= 15 is 0 Å². The molecule has 1 saturated heterocycles. The lowest BCUT2D eigenvalue weighted by molar-refractivity contribution is -0.333. The van der Waals surface area contributed by atoms with E-state index in [4.69, 9.17) is 9.47 Å². The molecule has 9 heteroatoms. The number of aliphatic hydroxyl groups is 5. The lowest BCUT2D eigenvalue weighted by Gasteiger charge is -2.71. The number of hydrogen-bond acceptors (Lipinski definition) is 8. The molecule has 0 aromatic rings. The minimum absolute atomic E-state index is 0.0179. The minimum atomic E-state index is -1.51. The fourth-order valence-corrected chi connectivity index (χ4v) is 12.2. The number of allylic oxidation sites excluding steroid dienone is 2. The maximum absolute atomic E-state index is 12.9. The van der Waals surface area contributed by atoms with Crippen LogP contribution in [0.4, 0.5) is 0 Å². The van der Waals surface area contributed by atoms with Crippen LogP contribution in [0.2, 0.25) is 0 Å². The molecule has 1 aliphatic heterocycles. The number of hydrogen-bond donors (Lipinski definition) is 6. The molecule has 256 valence electrons. The Labute approximate surface area is 268 Å². The molecule has 6 rings (SSSR count). The third kappa shape index (κ3) is 4.61. The van der Waals surface area contributed by atoms with Crippen LogP contribution >= 0.6 is 0 Å². The molecule has 5 aliphatic carbocycles. The first-order valence-corrected chi connectivity index (χ1v) is 17.4. The van der Waals surface area contributed by atoms with Crippen molar-refractivity contribution in [1.29, 1.82) is 0 Å². The molecule has 6 aliphatic rings. The molecule has 5 fully saturated rings. The van der Waals surface area contributed by atoms with Crippen molar-refractivity contribution in [2.75, 3.05) is 13.2 Å². The average molecular weight is 635 g/mol. The Bertz CT molecular complexity index is 1200. The molecule has 2 unspecified atom stereocenters. The van der Waals surface area contributed by atoms with E-state index in [1.807, 2.05) is 0 Å². The van der Waals surface area contributed by atoms with Gasteiger partial charge in [0.2, 0.25) is 0 Å². The molecule has 0 bridgehead atoms. The van der Waals surface area contributed by atoms with Gasteiger partial charge in [0.25, 0.3) is 0 Å². The Balaban J connectivity index is 1.31. The fourth-order valence-electron chi connectivity index (χ4n) is 12.2. The van der Waals surface area contributed by atoms with Gasteiger partial charge in [0.05, 0.1) is 24.7 Å². The summed E-state index contributed by atoms with van der Waals surface area (Å²) >= 11 is 0. The number of fused-ring (bicyclic) bond motifs is 7. The van der Waals surface area contributed by atoms with Crippen LogP contribution in [0.25, 0.3) is 0 Å². The number of aliphatic carboxylic acids is 1. The topological polar surface area (TPSA) is 157 Å². The molecule has 6 N–H and O–H groups in total. The molecule has 4 saturated carbocycles. The maximum atomic E-state index is 12.9. The number of carboxylic acids is 1. The van der Waals surface area contributed by atoms with Gasteiger partial charge in [-0.1, -0.05) is 53.2 Å². The van der Waals surface area contributed by atoms with Crippen molar-refractivity contribution in [2.45, 2.75) is 143 Å². The van der Waals surface area contributed by atoms with Gasteiger partial charge in [-0.25, -0.2) is 0 Å². The van der Waals surface area contributed by atoms with Gasteiger partial charge in [-0.15, -0.1) is 0 Å². The molecule has 0 aromatic heterocycles.